The van der Waals surface area contributed by atoms with Crippen LogP contribution in [0.3, 0.4) is 0 Å². The van der Waals surface area contributed by atoms with Gasteiger partial charge >= 0.3 is 6.09 Å². The fraction of sp³-hybridized carbons (Fsp3) is 0.714. The Hall–Kier alpha value is -0.710. The van der Waals surface area contributed by atoms with Gasteiger partial charge in [-0.3, -0.25) is 4.79 Å². The maximum atomic E-state index is 11.2. The van der Waals surface area contributed by atoms with Gasteiger partial charge in [-0.05, 0) is 20.1 Å². The third-order valence-electron chi connectivity index (χ3n) is 1.30. The van der Waals surface area contributed by atoms with Gasteiger partial charge in [0.1, 0.15) is 5.54 Å². The van der Waals surface area contributed by atoms with Gasteiger partial charge in [0.05, 0.1) is 7.11 Å². The van der Waals surface area contributed by atoms with Crippen molar-refractivity contribution in [2.75, 3.05) is 13.4 Å². The number of thioether (sulfide) groups is 1. The van der Waals surface area contributed by atoms with Crippen LogP contribution in [0.1, 0.15) is 13.8 Å². The van der Waals surface area contributed by atoms with E-state index < -0.39 is 11.6 Å². The van der Waals surface area contributed by atoms with Gasteiger partial charge in [-0.25, -0.2) is 4.79 Å². The minimum absolute atomic E-state index is 0.104. The summed E-state index contributed by atoms with van der Waals surface area (Å²) >= 11 is 1.08. The van der Waals surface area contributed by atoms with Crippen molar-refractivity contribution in [3.05, 3.63) is 0 Å². The van der Waals surface area contributed by atoms with Gasteiger partial charge in [-0.15, -0.1) is 0 Å². The molecule has 0 rings (SSSR count). The second kappa shape index (κ2) is 4.35. The van der Waals surface area contributed by atoms with Gasteiger partial charge in [-0.1, -0.05) is 11.8 Å². The summed E-state index contributed by atoms with van der Waals surface area (Å²) in [5.74, 6) is 0. The largest absolute Gasteiger partial charge is 0.453 e. The summed E-state index contributed by atoms with van der Waals surface area (Å²) < 4.78 is 4.37. The quantitative estimate of drug-likeness (QED) is 0.707. The number of carbonyl (C=O) groups is 2. The van der Waals surface area contributed by atoms with Crippen molar-refractivity contribution in [2.24, 2.45) is 0 Å². The Labute approximate surface area is 76.0 Å². The average molecular weight is 191 g/mol. The first-order valence-electron chi connectivity index (χ1n) is 3.38. The van der Waals surface area contributed by atoms with Gasteiger partial charge in [-0.2, -0.15) is 0 Å². The molecule has 0 aromatic heterocycles. The smallest absolute Gasteiger partial charge is 0.407 e. The minimum Gasteiger partial charge on any atom is -0.453 e. The van der Waals surface area contributed by atoms with Crippen LogP contribution in [0, 0.1) is 0 Å². The Bertz CT molecular complexity index is 191. The molecule has 0 aromatic carbocycles. The first-order chi connectivity index (χ1) is 5.44. The van der Waals surface area contributed by atoms with Crippen molar-refractivity contribution >= 4 is 23.0 Å². The molecule has 0 heterocycles. The number of amides is 1. The number of alkyl carbamates (subject to hydrolysis) is 1. The van der Waals surface area contributed by atoms with E-state index in [9.17, 15) is 9.59 Å². The third-order valence-corrected chi connectivity index (χ3v) is 2.18. The van der Waals surface area contributed by atoms with Crippen LogP contribution in [-0.4, -0.2) is 30.1 Å². The van der Waals surface area contributed by atoms with Crippen LogP contribution in [0.5, 0.6) is 0 Å². The molecule has 0 saturated heterocycles. The van der Waals surface area contributed by atoms with Crippen LogP contribution in [0.15, 0.2) is 0 Å². The predicted molar refractivity (Wildman–Crippen MR) is 48.1 cm³/mol. The summed E-state index contributed by atoms with van der Waals surface area (Å²) in [6.45, 7) is 3.26. The zero-order valence-corrected chi connectivity index (χ0v) is 8.45. The molecule has 0 unspecified atom stereocenters. The third kappa shape index (κ3) is 3.13. The van der Waals surface area contributed by atoms with E-state index in [0.717, 1.165) is 11.8 Å². The lowest BCUT2D eigenvalue weighted by Crippen LogP contribution is -2.48. The number of hydrogen-bond donors (Lipinski definition) is 1. The molecule has 5 heteroatoms. The first-order valence-corrected chi connectivity index (χ1v) is 4.61. The zero-order valence-electron chi connectivity index (χ0n) is 7.63. The van der Waals surface area contributed by atoms with E-state index in [1.165, 1.54) is 7.11 Å². The Morgan fingerprint density at radius 3 is 2.25 bits per heavy atom. The van der Waals surface area contributed by atoms with Gasteiger partial charge < -0.3 is 10.1 Å². The highest BCUT2D eigenvalue weighted by Crippen LogP contribution is 2.12. The molecule has 0 aromatic rings. The number of nitrogens with one attached hydrogen (secondary N) is 1. The SMILES string of the molecule is COC(=O)NC(C)(C)C(=O)SC. The topological polar surface area (TPSA) is 55.4 Å². The maximum Gasteiger partial charge on any atom is 0.407 e. The molecular formula is C7H13NO3S. The second-order valence-electron chi connectivity index (χ2n) is 2.73. The highest BCUT2D eigenvalue weighted by molar-refractivity contribution is 8.13. The van der Waals surface area contributed by atoms with Crippen LogP contribution in [0.25, 0.3) is 0 Å². The molecule has 1 amide bonds. The monoisotopic (exact) mass is 191 g/mol. The summed E-state index contributed by atoms with van der Waals surface area (Å²) in [5.41, 5.74) is -0.869. The normalized spacial score (nSPS) is 10.7. The lowest BCUT2D eigenvalue weighted by atomic mass is 10.1. The van der Waals surface area contributed by atoms with E-state index in [-0.39, 0.29) is 5.12 Å². The highest BCUT2D eigenvalue weighted by atomic mass is 32.2. The van der Waals surface area contributed by atoms with Crippen LogP contribution in [0.4, 0.5) is 4.79 Å². The van der Waals surface area contributed by atoms with Crippen molar-refractivity contribution < 1.29 is 14.3 Å². The molecule has 12 heavy (non-hydrogen) atoms. The van der Waals surface area contributed by atoms with Gasteiger partial charge in [0, 0.05) is 0 Å². The molecular weight excluding hydrogens is 178 g/mol. The standard InChI is InChI=1S/C7H13NO3S/c1-7(2,5(9)12-4)8-6(10)11-3/h1-4H3,(H,8,10). The van der Waals surface area contributed by atoms with Crippen LogP contribution >= 0.6 is 11.8 Å². The Kier molecular flexibility index (Phi) is 4.09. The van der Waals surface area contributed by atoms with Crippen LogP contribution in [0.2, 0.25) is 0 Å². The number of methoxy groups -OCH3 is 1. The van der Waals surface area contributed by atoms with Crippen molar-refractivity contribution in [3.8, 4) is 0 Å². The van der Waals surface area contributed by atoms with Crippen molar-refractivity contribution in [2.45, 2.75) is 19.4 Å². The molecule has 1 N–H and O–H groups in total. The molecule has 0 fully saturated rings. The van der Waals surface area contributed by atoms with Gasteiger partial charge in [0.25, 0.3) is 0 Å². The van der Waals surface area contributed by atoms with Gasteiger partial charge in [0.2, 0.25) is 5.12 Å². The number of hydrogen-bond acceptors (Lipinski definition) is 4. The van der Waals surface area contributed by atoms with Crippen molar-refractivity contribution in [1.29, 1.82) is 0 Å². The molecule has 0 spiro atoms. The van der Waals surface area contributed by atoms with E-state index in [2.05, 4.69) is 10.1 Å². The summed E-state index contributed by atoms with van der Waals surface area (Å²) in [6.07, 6.45) is 1.07. The van der Waals surface area contributed by atoms with Crippen LogP contribution < -0.4 is 5.32 Å². The van der Waals surface area contributed by atoms with Crippen molar-refractivity contribution in [1.82, 2.24) is 5.32 Å². The molecule has 70 valence electrons. The molecule has 0 bridgehead atoms. The molecule has 0 atom stereocenters. The molecule has 0 aliphatic carbocycles. The Balaban J connectivity index is 4.21. The molecule has 0 aliphatic rings. The van der Waals surface area contributed by atoms with Gasteiger partial charge in [0.15, 0.2) is 0 Å². The minimum atomic E-state index is -0.869. The molecule has 0 saturated carbocycles. The lowest BCUT2D eigenvalue weighted by molar-refractivity contribution is -0.115. The fourth-order valence-corrected chi connectivity index (χ4v) is 1.17. The lowest BCUT2D eigenvalue weighted by Gasteiger charge is -2.22. The average Bonchev–Trinajstić information content (AvgIpc) is 2.02. The summed E-state index contributed by atoms with van der Waals surface area (Å²) in [5, 5.41) is 2.32. The Morgan fingerprint density at radius 2 is 1.92 bits per heavy atom. The maximum absolute atomic E-state index is 11.2. The van der Waals surface area contributed by atoms with E-state index in [1.54, 1.807) is 20.1 Å². The van der Waals surface area contributed by atoms with Crippen molar-refractivity contribution in [3.63, 3.8) is 0 Å². The van der Waals surface area contributed by atoms with E-state index in [1.807, 2.05) is 0 Å². The number of carbonyl (C=O) groups excluding carboxylic acids is 2. The molecule has 0 aliphatic heterocycles. The first kappa shape index (κ1) is 11.3. The molecule has 0 radical (unpaired) electrons. The van der Waals surface area contributed by atoms with Crippen LogP contribution in [-0.2, 0) is 9.53 Å². The second-order valence-corrected chi connectivity index (χ2v) is 3.51. The fourth-order valence-electron chi connectivity index (χ4n) is 0.612. The zero-order chi connectivity index (χ0) is 9.78. The number of ether oxygens (including phenoxy) is 1. The predicted octanol–water partition coefficient (Wildman–Crippen LogP) is 1.01. The van der Waals surface area contributed by atoms with E-state index in [0.29, 0.717) is 0 Å². The summed E-state index contributed by atoms with van der Waals surface area (Å²) in [4.78, 5) is 21.9. The summed E-state index contributed by atoms with van der Waals surface area (Å²) in [6, 6.07) is 0. The van der Waals surface area contributed by atoms with E-state index >= 15 is 0 Å². The van der Waals surface area contributed by atoms with E-state index in [4.69, 9.17) is 0 Å². The highest BCUT2D eigenvalue weighted by Gasteiger charge is 2.28. The Morgan fingerprint density at radius 1 is 1.42 bits per heavy atom. The number of rotatable bonds is 2. The summed E-state index contributed by atoms with van der Waals surface area (Å²) in [7, 11) is 1.26. The molecule has 4 nitrogen and oxygen atoms in total.